The predicted octanol–water partition coefficient (Wildman–Crippen LogP) is 5.01. The molecule has 30 heavy (non-hydrogen) atoms. The number of nitrogens with zero attached hydrogens (tertiary/aromatic N) is 5. The first-order chi connectivity index (χ1) is 14.3. The summed E-state index contributed by atoms with van der Waals surface area (Å²) in [5, 5.41) is 16.3. The van der Waals surface area contributed by atoms with Crippen molar-refractivity contribution in [2.45, 2.75) is 6.92 Å². The smallest absolute Gasteiger partial charge is 0.331 e. The fraction of sp³-hybridized carbons (Fsp3) is 0.100. The SMILES string of the molecule is C/C(=C\c1nc2ccc(Br)nn2c1N(C)c1nc(-c2ccc(F)cc2)cs1)C(=O)O. The van der Waals surface area contributed by atoms with E-state index in [4.69, 9.17) is 0 Å². The Bertz CT molecular complexity index is 1280. The molecule has 152 valence electrons. The molecule has 10 heteroatoms. The van der Waals surface area contributed by atoms with Gasteiger partial charge in [-0.15, -0.1) is 11.3 Å². The normalized spacial score (nSPS) is 11.8. The number of carboxylic acids is 1. The highest BCUT2D eigenvalue weighted by Gasteiger charge is 2.21. The van der Waals surface area contributed by atoms with Crippen LogP contribution in [0.2, 0.25) is 0 Å². The van der Waals surface area contributed by atoms with Crippen molar-refractivity contribution in [1.29, 1.82) is 0 Å². The summed E-state index contributed by atoms with van der Waals surface area (Å²) >= 11 is 4.77. The average molecular weight is 488 g/mol. The molecule has 0 bridgehead atoms. The Morgan fingerprint density at radius 2 is 1.97 bits per heavy atom. The third-order valence-corrected chi connectivity index (χ3v) is 5.71. The van der Waals surface area contributed by atoms with Gasteiger partial charge in [0.2, 0.25) is 0 Å². The monoisotopic (exact) mass is 487 g/mol. The molecule has 0 amide bonds. The van der Waals surface area contributed by atoms with E-state index in [1.807, 2.05) is 12.4 Å². The van der Waals surface area contributed by atoms with Gasteiger partial charge < -0.3 is 10.0 Å². The minimum absolute atomic E-state index is 0.151. The van der Waals surface area contributed by atoms with Gasteiger partial charge in [0.15, 0.2) is 16.6 Å². The van der Waals surface area contributed by atoms with E-state index < -0.39 is 5.97 Å². The Morgan fingerprint density at radius 1 is 1.23 bits per heavy atom. The zero-order valence-corrected chi connectivity index (χ0v) is 18.3. The molecule has 0 radical (unpaired) electrons. The molecule has 0 aliphatic heterocycles. The Kier molecular flexibility index (Phi) is 5.35. The second kappa shape index (κ2) is 7.96. The first-order valence-electron chi connectivity index (χ1n) is 8.75. The molecule has 0 fully saturated rings. The number of benzene rings is 1. The molecule has 0 aliphatic carbocycles. The molecule has 0 spiro atoms. The van der Waals surface area contributed by atoms with Crippen molar-refractivity contribution < 1.29 is 14.3 Å². The number of halogens is 2. The van der Waals surface area contributed by atoms with E-state index in [9.17, 15) is 14.3 Å². The number of anilines is 2. The van der Waals surface area contributed by atoms with Crippen molar-refractivity contribution in [3.05, 3.63) is 63.5 Å². The third kappa shape index (κ3) is 3.83. The first-order valence-corrected chi connectivity index (χ1v) is 10.4. The van der Waals surface area contributed by atoms with Gasteiger partial charge in [0, 0.05) is 23.6 Å². The van der Waals surface area contributed by atoms with Gasteiger partial charge in [-0.2, -0.15) is 9.61 Å². The Balaban J connectivity index is 1.82. The van der Waals surface area contributed by atoms with Crippen molar-refractivity contribution in [3.8, 4) is 11.3 Å². The summed E-state index contributed by atoms with van der Waals surface area (Å²) < 4.78 is 15.5. The second-order valence-corrected chi connectivity index (χ2v) is 8.11. The van der Waals surface area contributed by atoms with Crippen LogP contribution in [0, 0.1) is 5.82 Å². The number of aromatic nitrogens is 4. The zero-order chi connectivity index (χ0) is 21.4. The number of hydrogen-bond acceptors (Lipinski definition) is 6. The van der Waals surface area contributed by atoms with E-state index in [0.717, 1.165) is 5.56 Å². The van der Waals surface area contributed by atoms with Gasteiger partial charge in [-0.3, -0.25) is 0 Å². The molecule has 0 atom stereocenters. The molecule has 4 rings (SSSR count). The lowest BCUT2D eigenvalue weighted by Crippen LogP contribution is -2.14. The number of imidazole rings is 1. The van der Waals surface area contributed by atoms with E-state index in [2.05, 4.69) is 31.0 Å². The van der Waals surface area contributed by atoms with Gasteiger partial charge in [-0.1, -0.05) is 0 Å². The van der Waals surface area contributed by atoms with Crippen LogP contribution in [0.3, 0.4) is 0 Å². The van der Waals surface area contributed by atoms with Crippen LogP contribution in [0.1, 0.15) is 12.6 Å². The highest BCUT2D eigenvalue weighted by atomic mass is 79.9. The highest BCUT2D eigenvalue weighted by Crippen LogP contribution is 2.34. The molecule has 0 unspecified atom stereocenters. The summed E-state index contributed by atoms with van der Waals surface area (Å²) in [6.07, 6.45) is 1.51. The molecule has 1 N–H and O–H groups in total. The molecular formula is C20H15BrFN5O2S. The van der Waals surface area contributed by atoms with Crippen LogP contribution in [-0.4, -0.2) is 37.7 Å². The van der Waals surface area contributed by atoms with Crippen LogP contribution in [-0.2, 0) is 4.79 Å². The summed E-state index contributed by atoms with van der Waals surface area (Å²) in [4.78, 5) is 22.3. The van der Waals surface area contributed by atoms with Gasteiger partial charge in [0.25, 0.3) is 0 Å². The maximum absolute atomic E-state index is 13.2. The molecule has 1 aromatic carbocycles. The number of hydrogen-bond donors (Lipinski definition) is 1. The topological polar surface area (TPSA) is 83.6 Å². The van der Waals surface area contributed by atoms with Crippen LogP contribution in [0.15, 0.2) is 52.0 Å². The zero-order valence-electron chi connectivity index (χ0n) is 15.9. The fourth-order valence-electron chi connectivity index (χ4n) is 2.86. The maximum atomic E-state index is 13.2. The molecule has 7 nitrogen and oxygen atoms in total. The Morgan fingerprint density at radius 3 is 2.67 bits per heavy atom. The molecule has 4 aromatic rings. The van der Waals surface area contributed by atoms with Crippen molar-refractivity contribution in [1.82, 2.24) is 19.6 Å². The van der Waals surface area contributed by atoms with Crippen molar-refractivity contribution in [3.63, 3.8) is 0 Å². The largest absolute Gasteiger partial charge is 0.478 e. The van der Waals surface area contributed by atoms with Crippen LogP contribution >= 0.6 is 27.3 Å². The van der Waals surface area contributed by atoms with Crippen LogP contribution in [0.25, 0.3) is 23.0 Å². The van der Waals surface area contributed by atoms with Crippen LogP contribution < -0.4 is 4.90 Å². The molecule has 3 heterocycles. The lowest BCUT2D eigenvalue weighted by molar-refractivity contribution is -0.132. The molecule has 0 aliphatic rings. The number of rotatable bonds is 5. The number of aliphatic carboxylic acids is 1. The lowest BCUT2D eigenvalue weighted by Gasteiger charge is -2.16. The second-order valence-electron chi connectivity index (χ2n) is 6.46. The van der Waals surface area contributed by atoms with Crippen LogP contribution in [0.5, 0.6) is 0 Å². The van der Waals surface area contributed by atoms with E-state index >= 15 is 0 Å². The number of fused-ring (bicyclic) bond motifs is 1. The van der Waals surface area contributed by atoms with Crippen molar-refractivity contribution in [2.75, 3.05) is 11.9 Å². The van der Waals surface area contributed by atoms with E-state index in [-0.39, 0.29) is 11.4 Å². The average Bonchev–Trinajstić information content (AvgIpc) is 3.33. The van der Waals surface area contributed by atoms with Crippen molar-refractivity contribution >= 4 is 55.9 Å². The van der Waals surface area contributed by atoms with Gasteiger partial charge in [-0.05, 0) is 65.3 Å². The molecule has 0 saturated heterocycles. The fourth-order valence-corrected chi connectivity index (χ4v) is 3.95. The summed E-state index contributed by atoms with van der Waals surface area (Å²) in [5.74, 6) is -0.756. The summed E-state index contributed by atoms with van der Waals surface area (Å²) in [6, 6.07) is 9.67. The number of thiazole rings is 1. The minimum atomic E-state index is -1.03. The van der Waals surface area contributed by atoms with Gasteiger partial charge in [0.05, 0.1) is 5.69 Å². The van der Waals surface area contributed by atoms with Crippen molar-refractivity contribution in [2.24, 2.45) is 0 Å². The molecular weight excluding hydrogens is 473 g/mol. The Hall–Kier alpha value is -3.11. The molecule has 0 saturated carbocycles. The quantitative estimate of drug-likeness (QED) is 0.398. The summed E-state index contributed by atoms with van der Waals surface area (Å²) in [5.41, 5.74) is 2.69. The number of carbonyl (C=O) groups is 1. The summed E-state index contributed by atoms with van der Waals surface area (Å²) in [6.45, 7) is 1.51. The van der Waals surface area contributed by atoms with E-state index in [1.165, 1.54) is 36.5 Å². The van der Waals surface area contributed by atoms with Gasteiger partial charge in [0.1, 0.15) is 16.1 Å². The minimum Gasteiger partial charge on any atom is -0.478 e. The van der Waals surface area contributed by atoms with Gasteiger partial charge in [-0.25, -0.2) is 19.2 Å². The van der Waals surface area contributed by atoms with Crippen LogP contribution in [0.4, 0.5) is 15.3 Å². The first kappa shape index (κ1) is 20.2. The van der Waals surface area contributed by atoms with Gasteiger partial charge >= 0.3 is 5.97 Å². The van der Waals surface area contributed by atoms with E-state index in [1.54, 1.807) is 33.7 Å². The predicted molar refractivity (Wildman–Crippen MR) is 118 cm³/mol. The number of carboxylic acid groups (broad SMARTS) is 1. The standard InChI is InChI=1S/C20H15BrFN5O2S/c1-11(19(28)29)9-14-18(27-17(23-14)8-7-16(21)25-27)26(2)20-24-15(10-30-20)12-3-5-13(22)6-4-12/h3-10H,1-2H3,(H,28,29)/b11-9+. The maximum Gasteiger partial charge on any atom is 0.331 e. The Labute approximate surface area is 183 Å². The summed E-state index contributed by atoms with van der Waals surface area (Å²) in [7, 11) is 1.81. The third-order valence-electron chi connectivity index (χ3n) is 4.37. The molecule has 3 aromatic heterocycles. The highest BCUT2D eigenvalue weighted by molar-refractivity contribution is 9.10. The van der Waals surface area contributed by atoms with E-state index in [0.29, 0.717) is 32.6 Å². The lowest BCUT2D eigenvalue weighted by atomic mass is 10.2.